The normalized spacial score (nSPS) is 10.0. The average molecular weight is 303 g/mol. The number of hydrogen-bond donors (Lipinski definition) is 3. The Kier molecular flexibility index (Phi) is 4.49. The molecule has 21 heavy (non-hydrogen) atoms. The van der Waals surface area contributed by atoms with Crippen LogP contribution in [-0.4, -0.2) is 10.9 Å². The summed E-state index contributed by atoms with van der Waals surface area (Å²) in [4.78, 5) is 11.0. The molecule has 0 saturated carbocycles. The van der Waals surface area contributed by atoms with E-state index < -0.39 is 5.82 Å². The molecular weight excluding hydrogens is 289 g/mol. The van der Waals surface area contributed by atoms with E-state index >= 15 is 0 Å². The first-order valence-corrected chi connectivity index (χ1v) is 6.60. The monoisotopic (exact) mass is 303 g/mol. The second-order valence-electron chi connectivity index (χ2n) is 4.45. The Balaban J connectivity index is 2.20. The number of rotatable bonds is 4. The predicted octanol–water partition coefficient (Wildman–Crippen LogP) is 3.16. The van der Waals surface area contributed by atoms with Crippen molar-refractivity contribution in [2.75, 3.05) is 10.6 Å². The molecule has 0 saturated heterocycles. The molecule has 0 heterocycles. The molecule has 0 unspecified atom stereocenters. The van der Waals surface area contributed by atoms with Gasteiger partial charge in [0.05, 0.1) is 0 Å². The first-order chi connectivity index (χ1) is 9.95. The van der Waals surface area contributed by atoms with Gasteiger partial charge >= 0.3 is 0 Å². The molecule has 0 atom stereocenters. The lowest BCUT2D eigenvalue weighted by atomic mass is 10.2. The van der Waals surface area contributed by atoms with Gasteiger partial charge in [0, 0.05) is 29.5 Å². The highest BCUT2D eigenvalue weighted by molar-refractivity contribution is 7.80. The lowest BCUT2D eigenvalue weighted by Crippen LogP contribution is -2.11. The maximum absolute atomic E-state index is 13.8. The molecule has 4 nitrogen and oxygen atoms in total. The summed E-state index contributed by atoms with van der Waals surface area (Å²) in [6.07, 6.45) is 0. The number of benzene rings is 2. The van der Waals surface area contributed by atoms with E-state index in [9.17, 15) is 9.18 Å². The van der Waals surface area contributed by atoms with Crippen molar-refractivity contribution < 1.29 is 9.18 Å². The Labute approximate surface area is 127 Å². The van der Waals surface area contributed by atoms with Gasteiger partial charge in [-0.3, -0.25) is 4.79 Å². The number of amides is 1. The van der Waals surface area contributed by atoms with E-state index in [1.165, 1.54) is 19.1 Å². The van der Waals surface area contributed by atoms with Crippen LogP contribution in [0, 0.1) is 5.82 Å². The van der Waals surface area contributed by atoms with Gasteiger partial charge in [0.2, 0.25) is 5.91 Å². The average Bonchev–Trinajstić information content (AvgIpc) is 2.37. The van der Waals surface area contributed by atoms with Gasteiger partial charge in [0.15, 0.2) is 0 Å². The molecule has 2 aromatic rings. The minimum atomic E-state index is -0.481. The van der Waals surface area contributed by atoms with Gasteiger partial charge in [-0.15, -0.1) is 0 Å². The number of carbonyl (C=O) groups is 1. The van der Waals surface area contributed by atoms with Crippen LogP contribution in [0.2, 0.25) is 0 Å². The fourth-order valence-corrected chi connectivity index (χ4v) is 2.00. The molecule has 0 spiro atoms. The molecule has 0 fully saturated rings. The zero-order valence-corrected chi connectivity index (χ0v) is 12.1. The van der Waals surface area contributed by atoms with Crippen LogP contribution in [0.25, 0.3) is 0 Å². The van der Waals surface area contributed by atoms with E-state index in [2.05, 4.69) is 10.6 Å². The standard InChI is InChI=1S/C15H14FN3OS/c1-9(20)18-10-3-2-4-11(7-10)19-12-5-6-13(15(17)21)14(16)8-12/h2-8,19H,1H3,(H2,17,21)(H,18,20). The lowest BCUT2D eigenvalue weighted by Gasteiger charge is -2.10. The SMILES string of the molecule is CC(=O)Nc1cccc(Nc2ccc(C(N)=S)c(F)c2)c1. The third kappa shape index (κ3) is 4.00. The molecule has 0 aliphatic carbocycles. The predicted molar refractivity (Wildman–Crippen MR) is 86.3 cm³/mol. The number of nitrogens with two attached hydrogens (primary N) is 1. The Hall–Kier alpha value is -2.47. The van der Waals surface area contributed by atoms with Crippen LogP contribution in [0.15, 0.2) is 42.5 Å². The summed E-state index contributed by atoms with van der Waals surface area (Å²) in [6.45, 7) is 1.43. The zero-order chi connectivity index (χ0) is 15.4. The molecule has 0 radical (unpaired) electrons. The molecule has 108 valence electrons. The van der Waals surface area contributed by atoms with Crippen LogP contribution in [0.1, 0.15) is 12.5 Å². The summed E-state index contributed by atoms with van der Waals surface area (Å²) in [7, 11) is 0. The number of carbonyl (C=O) groups excluding carboxylic acids is 1. The molecular formula is C15H14FN3OS. The van der Waals surface area contributed by atoms with E-state index in [0.29, 0.717) is 11.4 Å². The molecule has 4 N–H and O–H groups in total. The number of hydrogen-bond acceptors (Lipinski definition) is 3. The highest BCUT2D eigenvalue weighted by Gasteiger charge is 2.06. The molecule has 0 aliphatic heterocycles. The van der Waals surface area contributed by atoms with Crippen molar-refractivity contribution in [1.29, 1.82) is 0 Å². The number of thiocarbonyl (C=S) groups is 1. The fraction of sp³-hybridized carbons (Fsp3) is 0.0667. The van der Waals surface area contributed by atoms with E-state index in [-0.39, 0.29) is 16.5 Å². The van der Waals surface area contributed by atoms with Gasteiger partial charge in [-0.1, -0.05) is 18.3 Å². The van der Waals surface area contributed by atoms with Crippen molar-refractivity contribution in [2.45, 2.75) is 6.92 Å². The van der Waals surface area contributed by atoms with Gasteiger partial charge < -0.3 is 16.4 Å². The lowest BCUT2D eigenvalue weighted by molar-refractivity contribution is -0.114. The molecule has 1 amide bonds. The smallest absolute Gasteiger partial charge is 0.221 e. The molecule has 2 rings (SSSR count). The minimum Gasteiger partial charge on any atom is -0.389 e. The molecule has 6 heteroatoms. The van der Waals surface area contributed by atoms with Crippen LogP contribution in [0.5, 0.6) is 0 Å². The molecule has 0 aromatic heterocycles. The van der Waals surface area contributed by atoms with E-state index in [1.807, 2.05) is 6.07 Å². The zero-order valence-electron chi connectivity index (χ0n) is 11.3. The van der Waals surface area contributed by atoms with Gasteiger partial charge in [-0.05, 0) is 36.4 Å². The Morgan fingerprint density at radius 2 is 1.81 bits per heavy atom. The molecule has 2 aromatic carbocycles. The Bertz CT molecular complexity index is 703. The highest BCUT2D eigenvalue weighted by atomic mass is 32.1. The van der Waals surface area contributed by atoms with Gasteiger partial charge in [0.25, 0.3) is 0 Å². The van der Waals surface area contributed by atoms with Crippen LogP contribution in [0.4, 0.5) is 21.5 Å². The van der Waals surface area contributed by atoms with Crippen LogP contribution >= 0.6 is 12.2 Å². The van der Waals surface area contributed by atoms with Crippen LogP contribution < -0.4 is 16.4 Å². The highest BCUT2D eigenvalue weighted by Crippen LogP contribution is 2.22. The fourth-order valence-electron chi connectivity index (χ4n) is 1.84. The summed E-state index contributed by atoms with van der Waals surface area (Å²) in [5, 5.41) is 5.73. The Morgan fingerprint density at radius 3 is 2.43 bits per heavy atom. The van der Waals surface area contributed by atoms with Crippen LogP contribution in [-0.2, 0) is 4.79 Å². The van der Waals surface area contributed by atoms with Crippen molar-refractivity contribution in [3.63, 3.8) is 0 Å². The first kappa shape index (κ1) is 14.9. The maximum atomic E-state index is 13.8. The minimum absolute atomic E-state index is 0.0201. The van der Waals surface area contributed by atoms with Crippen molar-refractivity contribution in [3.8, 4) is 0 Å². The van der Waals surface area contributed by atoms with Gasteiger partial charge in [-0.25, -0.2) is 4.39 Å². The van der Waals surface area contributed by atoms with E-state index in [0.717, 1.165) is 5.69 Å². The Morgan fingerprint density at radius 1 is 1.14 bits per heavy atom. The number of anilines is 3. The second-order valence-corrected chi connectivity index (χ2v) is 4.89. The quantitative estimate of drug-likeness (QED) is 0.759. The third-order valence-electron chi connectivity index (χ3n) is 2.71. The van der Waals surface area contributed by atoms with Crippen molar-refractivity contribution in [2.24, 2.45) is 5.73 Å². The van der Waals surface area contributed by atoms with Crippen LogP contribution in [0.3, 0.4) is 0 Å². The van der Waals surface area contributed by atoms with E-state index in [4.69, 9.17) is 18.0 Å². The van der Waals surface area contributed by atoms with Gasteiger partial charge in [-0.2, -0.15) is 0 Å². The maximum Gasteiger partial charge on any atom is 0.221 e. The largest absolute Gasteiger partial charge is 0.389 e. The first-order valence-electron chi connectivity index (χ1n) is 6.20. The van der Waals surface area contributed by atoms with E-state index in [1.54, 1.807) is 24.3 Å². The summed E-state index contributed by atoms with van der Waals surface area (Å²) >= 11 is 4.76. The third-order valence-corrected chi connectivity index (χ3v) is 2.93. The summed E-state index contributed by atoms with van der Waals surface area (Å²) in [5.41, 5.74) is 7.57. The molecule has 0 aliphatic rings. The van der Waals surface area contributed by atoms with Crippen molar-refractivity contribution >= 4 is 40.2 Å². The summed E-state index contributed by atoms with van der Waals surface area (Å²) < 4.78 is 13.8. The second kappa shape index (κ2) is 6.32. The summed E-state index contributed by atoms with van der Waals surface area (Å²) in [6, 6.07) is 11.6. The topological polar surface area (TPSA) is 67.2 Å². The van der Waals surface area contributed by atoms with Crippen molar-refractivity contribution in [3.05, 3.63) is 53.8 Å². The number of halogens is 1. The van der Waals surface area contributed by atoms with Gasteiger partial charge in [0.1, 0.15) is 10.8 Å². The number of nitrogens with one attached hydrogen (secondary N) is 2. The molecule has 0 bridgehead atoms. The van der Waals surface area contributed by atoms with Crippen molar-refractivity contribution in [1.82, 2.24) is 0 Å². The summed E-state index contributed by atoms with van der Waals surface area (Å²) in [5.74, 6) is -0.635.